The molecule has 2 aromatic carbocycles. The Morgan fingerprint density at radius 2 is 1.53 bits per heavy atom. The van der Waals surface area contributed by atoms with E-state index in [2.05, 4.69) is 37.8 Å². The number of likely N-dealkylation sites (tertiary alicyclic amines) is 1. The van der Waals surface area contributed by atoms with Gasteiger partial charge in [0.25, 0.3) is 0 Å². The number of rotatable bonds is 4. The zero-order valence-electron chi connectivity index (χ0n) is 22.0. The van der Waals surface area contributed by atoms with Crippen LogP contribution in [0.2, 0.25) is 0 Å². The van der Waals surface area contributed by atoms with Gasteiger partial charge in [-0.15, -0.1) is 0 Å². The van der Waals surface area contributed by atoms with Crippen LogP contribution in [0.3, 0.4) is 0 Å². The Balaban J connectivity index is 0.000000236. The van der Waals surface area contributed by atoms with E-state index in [0.717, 1.165) is 43.5 Å². The minimum Gasteiger partial charge on any atom is -0.392 e. The molecule has 1 N–H and O–H groups in total. The van der Waals surface area contributed by atoms with Gasteiger partial charge in [-0.2, -0.15) is 13.2 Å². The van der Waals surface area contributed by atoms with Crippen molar-refractivity contribution < 1.29 is 23.0 Å². The maximum absolute atomic E-state index is 12.9. The third-order valence-electron chi connectivity index (χ3n) is 6.74. The topological polar surface area (TPSA) is 35.9 Å². The first-order chi connectivity index (χ1) is 16.9. The molecule has 200 valence electrons. The SMILES string of the molecule is CC(C)(C)Cc1ccc(CO)cc1.CN1CCC2(CC1)CN(CC(F)(F)F)CC(c1ccccc1)O2. The van der Waals surface area contributed by atoms with Crippen LogP contribution in [0, 0.1) is 5.41 Å². The van der Waals surface area contributed by atoms with Gasteiger partial charge in [-0.05, 0) is 48.4 Å². The molecule has 2 heterocycles. The first kappa shape index (κ1) is 28.6. The van der Waals surface area contributed by atoms with Crippen LogP contribution in [-0.2, 0) is 17.8 Å². The van der Waals surface area contributed by atoms with Crippen molar-refractivity contribution in [1.82, 2.24) is 9.80 Å². The number of nitrogens with zero attached hydrogens (tertiary/aromatic N) is 2. The number of ether oxygens (including phenoxy) is 1. The molecule has 7 heteroatoms. The molecule has 2 saturated heterocycles. The van der Waals surface area contributed by atoms with E-state index >= 15 is 0 Å². The highest BCUT2D eigenvalue weighted by Crippen LogP contribution is 2.38. The fraction of sp³-hybridized carbons (Fsp3) is 0.586. The number of morpholine rings is 1. The normalized spacial score (nSPS) is 21.2. The smallest absolute Gasteiger partial charge is 0.392 e. The molecule has 1 spiro atoms. The molecule has 4 nitrogen and oxygen atoms in total. The second-order valence-electron chi connectivity index (χ2n) is 11.5. The van der Waals surface area contributed by atoms with Gasteiger partial charge in [0.2, 0.25) is 0 Å². The molecule has 0 saturated carbocycles. The van der Waals surface area contributed by atoms with E-state index in [1.54, 1.807) is 0 Å². The Kier molecular flexibility index (Phi) is 9.61. The number of aliphatic hydroxyl groups excluding tert-OH is 1. The van der Waals surface area contributed by atoms with Gasteiger partial charge in [0.15, 0.2) is 0 Å². The van der Waals surface area contributed by atoms with Crippen molar-refractivity contribution in [1.29, 1.82) is 0 Å². The van der Waals surface area contributed by atoms with E-state index < -0.39 is 18.3 Å². The van der Waals surface area contributed by atoms with Gasteiger partial charge in [-0.1, -0.05) is 75.4 Å². The first-order valence-electron chi connectivity index (χ1n) is 12.8. The fourth-order valence-corrected chi connectivity index (χ4v) is 4.97. The molecule has 0 amide bonds. The van der Waals surface area contributed by atoms with Gasteiger partial charge < -0.3 is 14.7 Å². The van der Waals surface area contributed by atoms with Crippen LogP contribution < -0.4 is 0 Å². The van der Waals surface area contributed by atoms with Crippen molar-refractivity contribution in [3.05, 3.63) is 71.3 Å². The van der Waals surface area contributed by atoms with E-state index in [1.807, 2.05) is 49.5 Å². The number of hydrogen-bond acceptors (Lipinski definition) is 4. The van der Waals surface area contributed by atoms with Crippen molar-refractivity contribution in [2.45, 2.75) is 64.5 Å². The molecule has 0 aliphatic carbocycles. The Bertz CT molecular complexity index is 918. The summed E-state index contributed by atoms with van der Waals surface area (Å²) in [5.41, 5.74) is 3.15. The maximum Gasteiger partial charge on any atom is 0.401 e. The van der Waals surface area contributed by atoms with E-state index in [9.17, 15) is 13.2 Å². The molecule has 2 aromatic rings. The lowest BCUT2D eigenvalue weighted by Gasteiger charge is -2.49. The molecule has 0 bridgehead atoms. The highest BCUT2D eigenvalue weighted by molar-refractivity contribution is 5.22. The van der Waals surface area contributed by atoms with Crippen molar-refractivity contribution in [3.8, 4) is 0 Å². The third kappa shape index (κ3) is 9.18. The molecule has 1 unspecified atom stereocenters. The number of alkyl halides is 3. The summed E-state index contributed by atoms with van der Waals surface area (Å²) in [4.78, 5) is 3.72. The summed E-state index contributed by atoms with van der Waals surface area (Å²) in [6, 6.07) is 17.8. The summed E-state index contributed by atoms with van der Waals surface area (Å²) in [6.45, 7) is 8.34. The summed E-state index contributed by atoms with van der Waals surface area (Å²) in [6.07, 6.45) is -1.83. The lowest BCUT2D eigenvalue weighted by atomic mass is 9.88. The van der Waals surface area contributed by atoms with Crippen LogP contribution in [0.25, 0.3) is 0 Å². The molecule has 0 radical (unpaired) electrons. The number of aliphatic hydroxyl groups is 1. The highest BCUT2D eigenvalue weighted by atomic mass is 19.4. The summed E-state index contributed by atoms with van der Waals surface area (Å²) >= 11 is 0. The summed E-state index contributed by atoms with van der Waals surface area (Å²) in [5.74, 6) is 0. The molecule has 2 aliphatic heterocycles. The third-order valence-corrected chi connectivity index (χ3v) is 6.74. The van der Waals surface area contributed by atoms with E-state index in [4.69, 9.17) is 9.84 Å². The highest BCUT2D eigenvalue weighted by Gasteiger charge is 2.45. The van der Waals surface area contributed by atoms with Gasteiger partial charge in [0.1, 0.15) is 0 Å². The van der Waals surface area contributed by atoms with Crippen molar-refractivity contribution in [2.24, 2.45) is 5.41 Å². The van der Waals surface area contributed by atoms with E-state index in [1.165, 1.54) is 10.5 Å². The number of benzene rings is 2. The lowest BCUT2D eigenvalue weighted by molar-refractivity contribution is -0.206. The van der Waals surface area contributed by atoms with Crippen LogP contribution in [0.1, 0.15) is 56.4 Å². The average Bonchev–Trinajstić information content (AvgIpc) is 2.80. The summed E-state index contributed by atoms with van der Waals surface area (Å²) < 4.78 is 45.0. The van der Waals surface area contributed by atoms with Gasteiger partial charge >= 0.3 is 6.18 Å². The van der Waals surface area contributed by atoms with Crippen LogP contribution >= 0.6 is 0 Å². The molecule has 36 heavy (non-hydrogen) atoms. The average molecular weight is 507 g/mol. The monoisotopic (exact) mass is 506 g/mol. The second-order valence-corrected chi connectivity index (χ2v) is 11.5. The van der Waals surface area contributed by atoms with Gasteiger partial charge in [-0.25, -0.2) is 0 Å². The van der Waals surface area contributed by atoms with Crippen LogP contribution in [-0.4, -0.2) is 66.5 Å². The predicted octanol–water partition coefficient (Wildman–Crippen LogP) is 5.85. The standard InChI is InChI=1S/C17H23F3N2O.C12H18O/c1-21-9-7-16(8-10-21)12-22(13-17(18,19)20)11-15(23-16)14-5-3-2-4-6-14;1-12(2,3)8-10-4-6-11(9-13)7-5-10/h2-6,15H,7-13H2,1H3;4-7,13H,8-9H2,1-3H3. The molecule has 1 atom stereocenters. The van der Waals surface area contributed by atoms with Crippen LogP contribution in [0.5, 0.6) is 0 Å². The van der Waals surface area contributed by atoms with Gasteiger partial charge in [0.05, 0.1) is 24.9 Å². The first-order valence-corrected chi connectivity index (χ1v) is 12.8. The number of hydrogen-bond donors (Lipinski definition) is 1. The summed E-state index contributed by atoms with van der Waals surface area (Å²) in [7, 11) is 2.04. The zero-order valence-corrected chi connectivity index (χ0v) is 22.0. The van der Waals surface area contributed by atoms with Crippen molar-refractivity contribution in [2.75, 3.05) is 39.8 Å². The predicted molar refractivity (Wildman–Crippen MR) is 138 cm³/mol. The molecule has 2 aliphatic rings. The molecular weight excluding hydrogens is 465 g/mol. The minimum absolute atomic E-state index is 0.135. The van der Waals surface area contributed by atoms with Gasteiger partial charge in [-0.3, -0.25) is 4.90 Å². The minimum atomic E-state index is -4.18. The largest absolute Gasteiger partial charge is 0.401 e. The Morgan fingerprint density at radius 3 is 2.06 bits per heavy atom. The zero-order chi connectivity index (χ0) is 26.4. The van der Waals surface area contributed by atoms with Crippen molar-refractivity contribution >= 4 is 0 Å². The van der Waals surface area contributed by atoms with E-state index in [-0.39, 0.29) is 12.7 Å². The number of piperidine rings is 1. The quantitative estimate of drug-likeness (QED) is 0.564. The van der Waals surface area contributed by atoms with Crippen LogP contribution in [0.4, 0.5) is 13.2 Å². The lowest BCUT2D eigenvalue weighted by Crippen LogP contribution is -2.58. The van der Waals surface area contributed by atoms with Crippen molar-refractivity contribution in [3.63, 3.8) is 0 Å². The Labute approximate surface area is 214 Å². The fourth-order valence-electron chi connectivity index (χ4n) is 4.97. The van der Waals surface area contributed by atoms with E-state index in [0.29, 0.717) is 18.5 Å². The molecule has 0 aromatic heterocycles. The molecule has 2 fully saturated rings. The molecular formula is C29H41F3N2O2. The molecule has 4 rings (SSSR count). The second kappa shape index (κ2) is 12.1. The van der Waals surface area contributed by atoms with Crippen LogP contribution in [0.15, 0.2) is 54.6 Å². The maximum atomic E-state index is 12.9. The summed E-state index contributed by atoms with van der Waals surface area (Å²) in [5, 5.41) is 8.86. The number of halogens is 3. The van der Waals surface area contributed by atoms with Gasteiger partial charge in [0, 0.05) is 26.2 Å². The Morgan fingerprint density at radius 1 is 0.944 bits per heavy atom. The Hall–Kier alpha value is -1.93.